The minimum Gasteiger partial charge on any atom is -0.373 e. The molecule has 0 unspecified atom stereocenters. The van der Waals surface area contributed by atoms with Crippen LogP contribution in [-0.4, -0.2) is 23.3 Å². The molecular weight excluding hydrogens is 302 g/mol. The van der Waals surface area contributed by atoms with E-state index < -0.39 is 0 Å². The Morgan fingerprint density at radius 3 is 2.48 bits per heavy atom. The Bertz CT molecular complexity index is 787. The highest BCUT2D eigenvalue weighted by molar-refractivity contribution is 7.98. The lowest BCUT2D eigenvalue weighted by atomic mass is 10.2. The molecular formula is C16H14ClN3S. The Balaban J connectivity index is 2.16. The predicted molar refractivity (Wildman–Crippen MR) is 91.3 cm³/mol. The van der Waals surface area contributed by atoms with Gasteiger partial charge >= 0.3 is 0 Å². The molecule has 106 valence electrons. The van der Waals surface area contributed by atoms with Crippen molar-refractivity contribution in [3.8, 4) is 11.4 Å². The fraction of sp³-hybridized carbons (Fsp3) is 0.125. The Kier molecular flexibility index (Phi) is 3.99. The number of aromatic nitrogens is 2. The molecule has 0 saturated carbocycles. The second-order valence-electron chi connectivity index (χ2n) is 4.54. The summed E-state index contributed by atoms with van der Waals surface area (Å²) >= 11 is 7.77. The van der Waals surface area contributed by atoms with E-state index in [4.69, 9.17) is 11.6 Å². The number of benzene rings is 2. The van der Waals surface area contributed by atoms with Crippen molar-refractivity contribution in [2.45, 2.75) is 4.90 Å². The zero-order valence-electron chi connectivity index (χ0n) is 11.7. The van der Waals surface area contributed by atoms with Gasteiger partial charge in [0.25, 0.3) is 0 Å². The van der Waals surface area contributed by atoms with Gasteiger partial charge in [0.15, 0.2) is 5.82 Å². The number of fused-ring (bicyclic) bond motifs is 1. The van der Waals surface area contributed by atoms with Gasteiger partial charge in [0.05, 0.1) is 5.52 Å². The Hall–Kier alpha value is -1.78. The second-order valence-corrected chi connectivity index (χ2v) is 5.85. The van der Waals surface area contributed by atoms with E-state index in [2.05, 4.69) is 33.7 Å². The number of nitrogens with one attached hydrogen (secondary N) is 1. The van der Waals surface area contributed by atoms with E-state index in [-0.39, 0.29) is 0 Å². The minimum atomic E-state index is 0.680. The minimum absolute atomic E-state index is 0.680. The lowest BCUT2D eigenvalue weighted by Gasteiger charge is -2.09. The summed E-state index contributed by atoms with van der Waals surface area (Å²) in [6, 6.07) is 13.9. The fourth-order valence-electron chi connectivity index (χ4n) is 2.16. The Morgan fingerprint density at radius 2 is 1.81 bits per heavy atom. The van der Waals surface area contributed by atoms with Crippen molar-refractivity contribution in [3.05, 3.63) is 47.5 Å². The molecule has 0 amide bonds. The normalized spacial score (nSPS) is 10.8. The van der Waals surface area contributed by atoms with Gasteiger partial charge < -0.3 is 5.32 Å². The van der Waals surface area contributed by atoms with E-state index in [0.717, 1.165) is 22.3 Å². The van der Waals surface area contributed by atoms with E-state index in [0.29, 0.717) is 10.8 Å². The molecule has 5 heteroatoms. The van der Waals surface area contributed by atoms with Crippen LogP contribution in [0.3, 0.4) is 0 Å². The maximum Gasteiger partial charge on any atom is 0.162 e. The lowest BCUT2D eigenvalue weighted by Crippen LogP contribution is -1.98. The third-order valence-electron chi connectivity index (χ3n) is 3.24. The first-order chi connectivity index (χ1) is 10.2. The van der Waals surface area contributed by atoms with Crippen molar-refractivity contribution in [2.24, 2.45) is 0 Å². The van der Waals surface area contributed by atoms with Crippen molar-refractivity contribution in [2.75, 3.05) is 18.6 Å². The van der Waals surface area contributed by atoms with Crippen LogP contribution in [0.2, 0.25) is 5.02 Å². The molecule has 0 atom stereocenters. The monoisotopic (exact) mass is 315 g/mol. The highest BCUT2D eigenvalue weighted by Crippen LogP contribution is 2.27. The van der Waals surface area contributed by atoms with Crippen molar-refractivity contribution in [1.29, 1.82) is 0 Å². The number of halogens is 1. The van der Waals surface area contributed by atoms with E-state index >= 15 is 0 Å². The van der Waals surface area contributed by atoms with Gasteiger partial charge in [0.2, 0.25) is 0 Å². The van der Waals surface area contributed by atoms with Crippen molar-refractivity contribution < 1.29 is 0 Å². The van der Waals surface area contributed by atoms with Crippen LogP contribution in [0.25, 0.3) is 22.3 Å². The number of thioether (sulfide) groups is 1. The summed E-state index contributed by atoms with van der Waals surface area (Å²) in [6.07, 6.45) is 2.06. The third-order valence-corrected chi connectivity index (χ3v) is 4.22. The van der Waals surface area contributed by atoms with E-state index in [9.17, 15) is 0 Å². The van der Waals surface area contributed by atoms with Crippen LogP contribution in [0.4, 0.5) is 5.82 Å². The SMILES string of the molecule is CNc1nc(-c2ccc(SC)cc2)nc2ccc(Cl)cc12. The summed E-state index contributed by atoms with van der Waals surface area (Å²) in [4.78, 5) is 10.5. The molecule has 0 aliphatic heterocycles. The topological polar surface area (TPSA) is 37.8 Å². The quantitative estimate of drug-likeness (QED) is 0.710. The van der Waals surface area contributed by atoms with Gasteiger partial charge in [0, 0.05) is 27.9 Å². The highest BCUT2D eigenvalue weighted by Gasteiger charge is 2.09. The molecule has 0 bridgehead atoms. The zero-order chi connectivity index (χ0) is 14.8. The van der Waals surface area contributed by atoms with Crippen LogP contribution >= 0.6 is 23.4 Å². The largest absolute Gasteiger partial charge is 0.373 e. The fourth-order valence-corrected chi connectivity index (χ4v) is 2.74. The van der Waals surface area contributed by atoms with Crippen LogP contribution in [0.15, 0.2) is 47.4 Å². The molecule has 1 aromatic heterocycles. The summed E-state index contributed by atoms with van der Waals surface area (Å²) in [7, 11) is 1.85. The standard InChI is InChI=1S/C16H14ClN3S/c1-18-16-13-9-11(17)5-8-14(13)19-15(20-16)10-3-6-12(21-2)7-4-10/h3-9H,1-2H3,(H,18,19,20). The molecule has 0 aliphatic rings. The van der Waals surface area contributed by atoms with Crippen molar-refractivity contribution in [1.82, 2.24) is 9.97 Å². The first-order valence-electron chi connectivity index (χ1n) is 6.51. The first kappa shape index (κ1) is 14.2. The van der Waals surface area contributed by atoms with Gasteiger partial charge in [-0.2, -0.15) is 0 Å². The van der Waals surface area contributed by atoms with Crippen LogP contribution in [-0.2, 0) is 0 Å². The van der Waals surface area contributed by atoms with Crippen LogP contribution in [0, 0.1) is 0 Å². The van der Waals surface area contributed by atoms with Crippen molar-refractivity contribution >= 4 is 40.1 Å². The highest BCUT2D eigenvalue weighted by atomic mass is 35.5. The van der Waals surface area contributed by atoms with Gasteiger partial charge in [0.1, 0.15) is 5.82 Å². The maximum atomic E-state index is 6.05. The van der Waals surface area contributed by atoms with Gasteiger partial charge in [-0.05, 0) is 36.6 Å². The number of hydrogen-bond acceptors (Lipinski definition) is 4. The molecule has 3 aromatic rings. The zero-order valence-corrected chi connectivity index (χ0v) is 13.3. The molecule has 0 radical (unpaired) electrons. The molecule has 0 saturated heterocycles. The smallest absolute Gasteiger partial charge is 0.162 e. The number of nitrogens with zero attached hydrogens (tertiary/aromatic N) is 2. The third kappa shape index (κ3) is 2.82. The van der Waals surface area contributed by atoms with Gasteiger partial charge in [-0.15, -0.1) is 11.8 Å². The number of hydrogen-bond donors (Lipinski definition) is 1. The van der Waals surface area contributed by atoms with Crippen molar-refractivity contribution in [3.63, 3.8) is 0 Å². The predicted octanol–water partition coefficient (Wildman–Crippen LogP) is 4.71. The summed E-state index contributed by atoms with van der Waals surface area (Å²) in [5.41, 5.74) is 1.88. The second kappa shape index (κ2) is 5.92. The van der Waals surface area contributed by atoms with Gasteiger partial charge in [-0.3, -0.25) is 0 Å². The lowest BCUT2D eigenvalue weighted by molar-refractivity contribution is 1.21. The molecule has 0 spiro atoms. The van der Waals surface area contributed by atoms with E-state index in [1.54, 1.807) is 11.8 Å². The molecule has 3 rings (SSSR count). The van der Waals surface area contributed by atoms with Gasteiger partial charge in [-0.1, -0.05) is 23.7 Å². The van der Waals surface area contributed by atoms with E-state index in [1.165, 1.54) is 4.90 Å². The summed E-state index contributed by atoms with van der Waals surface area (Å²) in [6.45, 7) is 0. The summed E-state index contributed by atoms with van der Waals surface area (Å²) in [5.74, 6) is 1.49. The molecule has 1 N–H and O–H groups in total. The molecule has 1 heterocycles. The maximum absolute atomic E-state index is 6.05. The Morgan fingerprint density at radius 1 is 1.05 bits per heavy atom. The summed E-state index contributed by atoms with van der Waals surface area (Å²) in [5, 5.41) is 4.72. The first-order valence-corrected chi connectivity index (χ1v) is 8.11. The average Bonchev–Trinajstić information content (AvgIpc) is 2.54. The van der Waals surface area contributed by atoms with Gasteiger partial charge in [-0.25, -0.2) is 9.97 Å². The molecule has 2 aromatic carbocycles. The van der Waals surface area contributed by atoms with Crippen LogP contribution in [0.5, 0.6) is 0 Å². The molecule has 0 aliphatic carbocycles. The molecule has 0 fully saturated rings. The number of rotatable bonds is 3. The van der Waals surface area contributed by atoms with E-state index in [1.807, 2.05) is 37.4 Å². The summed E-state index contributed by atoms with van der Waals surface area (Å²) < 4.78 is 0. The average molecular weight is 316 g/mol. The van der Waals surface area contributed by atoms with Crippen LogP contribution < -0.4 is 5.32 Å². The molecule has 3 nitrogen and oxygen atoms in total. The molecule has 21 heavy (non-hydrogen) atoms. The Labute approximate surface area is 132 Å². The van der Waals surface area contributed by atoms with Crippen LogP contribution in [0.1, 0.15) is 0 Å². The number of anilines is 1.